The van der Waals surface area contributed by atoms with Crippen LogP contribution in [0.3, 0.4) is 0 Å². The highest BCUT2D eigenvalue weighted by molar-refractivity contribution is 8.03. The van der Waals surface area contributed by atoms with E-state index in [-0.39, 0.29) is 0 Å². The monoisotopic (exact) mass is 503 g/mol. The van der Waals surface area contributed by atoms with Crippen molar-refractivity contribution in [3.63, 3.8) is 0 Å². The van der Waals surface area contributed by atoms with Crippen molar-refractivity contribution in [3.8, 4) is 0 Å². The fraction of sp³-hybridized carbons (Fsp3) is 0.387. The topological polar surface area (TPSA) is 7.12 Å². The molecule has 2 aromatic carbocycles. The number of quaternary nitrogens is 2. The van der Waals surface area contributed by atoms with Crippen molar-refractivity contribution in [2.24, 2.45) is 0 Å². The lowest BCUT2D eigenvalue weighted by Gasteiger charge is -2.26. The van der Waals surface area contributed by atoms with Gasteiger partial charge in [-0.2, -0.15) is 4.57 Å². The maximum Gasteiger partial charge on any atom is 0.213 e. The highest BCUT2D eigenvalue weighted by Crippen LogP contribution is 2.45. The molecule has 1 aromatic heterocycles. The molecule has 1 aliphatic rings. The first-order valence-electron chi connectivity index (χ1n) is 13.1. The molecule has 0 saturated heterocycles. The van der Waals surface area contributed by atoms with Crippen molar-refractivity contribution in [3.05, 3.63) is 83.5 Å². The number of rotatable bonds is 10. The number of benzene rings is 2. The maximum atomic E-state index is 2.49. The number of nitrogens with zero attached hydrogens (tertiary/aromatic N) is 4. The van der Waals surface area contributed by atoms with Gasteiger partial charge in [0.15, 0.2) is 12.7 Å². The number of anilines is 1. The van der Waals surface area contributed by atoms with Gasteiger partial charge in [0.05, 0.1) is 77.9 Å². The summed E-state index contributed by atoms with van der Waals surface area (Å²) in [6.45, 7) is 4.42. The van der Waals surface area contributed by atoms with E-state index in [1.54, 1.807) is 0 Å². The molecule has 5 heteroatoms. The predicted molar refractivity (Wildman–Crippen MR) is 156 cm³/mol. The fourth-order valence-corrected chi connectivity index (χ4v) is 5.81. The molecule has 0 atom stereocenters. The Labute approximate surface area is 222 Å². The number of para-hydroxylation sites is 2. The quantitative estimate of drug-likeness (QED) is 0.255. The van der Waals surface area contributed by atoms with Gasteiger partial charge in [0.25, 0.3) is 0 Å². The summed E-state index contributed by atoms with van der Waals surface area (Å²) >= 11 is 1.88. The van der Waals surface area contributed by atoms with Crippen LogP contribution in [0.25, 0.3) is 17.0 Å². The lowest BCUT2D eigenvalue weighted by Crippen LogP contribution is -2.40. The summed E-state index contributed by atoms with van der Waals surface area (Å²) in [5.74, 6) is 0. The molecular formula is C31H43N4S+3. The van der Waals surface area contributed by atoms with Crippen molar-refractivity contribution in [2.45, 2.75) is 24.3 Å². The number of aryl methyl sites for hydroxylation is 1. The fourth-order valence-electron chi connectivity index (χ4n) is 4.71. The molecule has 4 nitrogen and oxygen atoms in total. The van der Waals surface area contributed by atoms with Crippen LogP contribution in [0, 0.1) is 0 Å². The minimum absolute atomic E-state index is 0.998. The van der Waals surface area contributed by atoms with Gasteiger partial charge in [0.2, 0.25) is 5.52 Å². The number of hydrogen-bond donors (Lipinski definition) is 0. The highest BCUT2D eigenvalue weighted by atomic mass is 32.2. The van der Waals surface area contributed by atoms with E-state index in [2.05, 4.69) is 131 Å². The largest absolute Gasteiger partial charge is 0.335 e. The van der Waals surface area contributed by atoms with Crippen molar-refractivity contribution >= 4 is 34.4 Å². The van der Waals surface area contributed by atoms with E-state index in [1.807, 2.05) is 11.8 Å². The lowest BCUT2D eigenvalue weighted by atomic mass is 10.1. The van der Waals surface area contributed by atoms with E-state index in [9.17, 15) is 0 Å². The third-order valence-electron chi connectivity index (χ3n) is 6.55. The van der Waals surface area contributed by atoms with Gasteiger partial charge in [-0.1, -0.05) is 48.2 Å². The Balaban J connectivity index is 1.54. The van der Waals surface area contributed by atoms with Crippen LogP contribution in [0.2, 0.25) is 0 Å². The maximum absolute atomic E-state index is 2.49. The Hall–Kier alpha value is -2.60. The van der Waals surface area contributed by atoms with E-state index in [0.29, 0.717) is 0 Å². The lowest BCUT2D eigenvalue weighted by molar-refractivity contribution is -0.873. The molecule has 0 unspecified atom stereocenters. The molecule has 36 heavy (non-hydrogen) atoms. The average Bonchev–Trinajstić information content (AvgIpc) is 3.16. The number of hydrogen-bond acceptors (Lipinski definition) is 2. The summed E-state index contributed by atoms with van der Waals surface area (Å²) in [5, 5.41) is 2.62. The molecule has 190 valence electrons. The van der Waals surface area contributed by atoms with Crippen LogP contribution in [0.15, 0.2) is 82.9 Å². The summed E-state index contributed by atoms with van der Waals surface area (Å²) in [6, 6.07) is 19.8. The van der Waals surface area contributed by atoms with E-state index in [4.69, 9.17) is 0 Å². The second-order valence-electron chi connectivity index (χ2n) is 11.8. The van der Waals surface area contributed by atoms with Crippen LogP contribution in [-0.2, 0) is 6.54 Å². The zero-order chi connectivity index (χ0) is 25.8. The van der Waals surface area contributed by atoms with Gasteiger partial charge in [-0.3, -0.25) is 0 Å². The molecule has 0 spiro atoms. The molecule has 2 heterocycles. The van der Waals surface area contributed by atoms with Gasteiger partial charge in [-0.05, 0) is 29.8 Å². The highest BCUT2D eigenvalue weighted by Gasteiger charge is 2.24. The van der Waals surface area contributed by atoms with Gasteiger partial charge in [-0.25, -0.2) is 0 Å². The smallest absolute Gasteiger partial charge is 0.213 e. The predicted octanol–water partition coefficient (Wildman–Crippen LogP) is 5.79. The summed E-state index contributed by atoms with van der Waals surface area (Å²) in [7, 11) is 13.6. The number of pyridine rings is 1. The summed E-state index contributed by atoms with van der Waals surface area (Å²) in [4.78, 5) is 3.84. The molecule has 0 saturated carbocycles. The summed E-state index contributed by atoms with van der Waals surface area (Å²) < 4.78 is 4.40. The van der Waals surface area contributed by atoms with Gasteiger partial charge in [-0.15, -0.1) is 0 Å². The van der Waals surface area contributed by atoms with Crippen LogP contribution >= 0.6 is 11.8 Å². The molecule has 0 radical (unpaired) electrons. The Morgan fingerprint density at radius 3 is 2.31 bits per heavy atom. The number of aromatic nitrogens is 1. The molecule has 4 rings (SSSR count). The molecule has 0 fully saturated rings. The molecule has 1 aliphatic heterocycles. The van der Waals surface area contributed by atoms with Crippen LogP contribution in [0.1, 0.15) is 18.4 Å². The zero-order valence-electron chi connectivity index (χ0n) is 22.9. The molecule has 0 aliphatic carbocycles. The number of fused-ring (bicyclic) bond motifs is 2. The summed E-state index contributed by atoms with van der Waals surface area (Å²) in [5.41, 5.74) is 3.91. The minimum Gasteiger partial charge on any atom is -0.335 e. The first-order valence-corrected chi connectivity index (χ1v) is 13.9. The second-order valence-corrected chi connectivity index (χ2v) is 12.9. The molecule has 3 aromatic rings. The average molecular weight is 504 g/mol. The zero-order valence-corrected chi connectivity index (χ0v) is 23.8. The molecule has 0 amide bonds. The summed E-state index contributed by atoms with van der Waals surface area (Å²) in [6.07, 6.45) is 11.4. The van der Waals surface area contributed by atoms with Gasteiger partial charge in [0.1, 0.15) is 0 Å². The second kappa shape index (κ2) is 11.2. The van der Waals surface area contributed by atoms with E-state index in [0.717, 1.165) is 35.0 Å². The van der Waals surface area contributed by atoms with Crippen LogP contribution < -0.4 is 9.47 Å². The first-order chi connectivity index (χ1) is 17.1. The third-order valence-corrected chi connectivity index (χ3v) is 7.68. The van der Waals surface area contributed by atoms with Crippen LogP contribution in [0.5, 0.6) is 0 Å². The molecule has 0 N–H and O–H groups in total. The van der Waals surface area contributed by atoms with E-state index >= 15 is 0 Å². The van der Waals surface area contributed by atoms with Crippen molar-refractivity contribution in [2.75, 3.05) is 66.8 Å². The Bertz CT molecular complexity index is 1250. The Morgan fingerprint density at radius 2 is 1.53 bits per heavy atom. The standard InChI is InChI=1S/C31H43N4S/c1-34(2,3)24-12-21-32-23-20-26(27-15-7-8-16-28(27)32)14-11-19-31-33(22-13-25-35(4,5)6)29-17-9-10-18-30(29)36-31/h7-11,14-20,23H,12-13,21-22,24-25H2,1-6H3/q+3. The minimum atomic E-state index is 0.998. The van der Waals surface area contributed by atoms with Crippen LogP contribution in [0.4, 0.5) is 5.69 Å². The van der Waals surface area contributed by atoms with Gasteiger partial charge >= 0.3 is 0 Å². The normalized spacial score (nSPS) is 15.4. The SMILES string of the molecule is C[N+](C)(C)CCCN1/C(=C\C=C/c2cc[n+](CCC[N+](C)(C)C)c3ccccc23)Sc2ccccc21. The van der Waals surface area contributed by atoms with Crippen LogP contribution in [-0.4, -0.2) is 70.9 Å². The Kier molecular flexibility index (Phi) is 8.23. The van der Waals surface area contributed by atoms with Crippen molar-refractivity contribution < 1.29 is 13.5 Å². The van der Waals surface area contributed by atoms with E-state index in [1.165, 1.54) is 45.0 Å². The number of thioether (sulfide) groups is 1. The Morgan fingerprint density at radius 1 is 0.833 bits per heavy atom. The third kappa shape index (κ3) is 7.00. The number of allylic oxidation sites excluding steroid dienone is 2. The van der Waals surface area contributed by atoms with Gasteiger partial charge in [0, 0.05) is 30.0 Å². The molecular weight excluding hydrogens is 460 g/mol. The van der Waals surface area contributed by atoms with E-state index < -0.39 is 0 Å². The van der Waals surface area contributed by atoms with Gasteiger partial charge < -0.3 is 13.9 Å². The van der Waals surface area contributed by atoms with Crippen molar-refractivity contribution in [1.29, 1.82) is 0 Å². The van der Waals surface area contributed by atoms with Crippen molar-refractivity contribution in [1.82, 2.24) is 0 Å². The first kappa shape index (κ1) is 26.5. The molecule has 0 bridgehead atoms.